The minimum absolute atomic E-state index is 0.0111. The molecule has 262 valence electrons. The molecule has 6 atom stereocenters. The van der Waals surface area contributed by atoms with E-state index in [1.165, 1.54) is 0 Å². The normalized spacial score (nSPS) is 24.8. The third-order valence-corrected chi connectivity index (χ3v) is 10.5. The fourth-order valence-corrected chi connectivity index (χ4v) is 8.48. The minimum atomic E-state index is -1.60. The molecular formula is C42H38N4O6. The molecule has 3 aliphatic rings. The molecule has 3 aliphatic heterocycles. The van der Waals surface area contributed by atoms with E-state index in [1.54, 1.807) is 12.3 Å². The van der Waals surface area contributed by atoms with Crippen LogP contribution in [0.5, 0.6) is 5.75 Å². The zero-order valence-electron chi connectivity index (χ0n) is 28.3. The first kappa shape index (κ1) is 33.3. The van der Waals surface area contributed by atoms with Crippen LogP contribution in [0.2, 0.25) is 0 Å². The van der Waals surface area contributed by atoms with Gasteiger partial charge in [0.2, 0.25) is 11.8 Å². The molecule has 8 rings (SSSR count). The number of pyridine rings is 1. The van der Waals surface area contributed by atoms with Gasteiger partial charge in [0.15, 0.2) is 0 Å². The van der Waals surface area contributed by atoms with Crippen LogP contribution in [-0.2, 0) is 31.0 Å². The predicted molar refractivity (Wildman–Crippen MR) is 193 cm³/mol. The predicted octanol–water partition coefficient (Wildman–Crippen LogP) is 5.08. The summed E-state index contributed by atoms with van der Waals surface area (Å²) in [7, 11) is 0. The molecule has 0 unspecified atom stereocenters. The minimum Gasteiger partial charge on any atom is -0.491 e. The van der Waals surface area contributed by atoms with Crippen molar-refractivity contribution in [2.24, 2.45) is 5.92 Å². The Morgan fingerprint density at radius 2 is 1.54 bits per heavy atom. The molecular weight excluding hydrogens is 656 g/mol. The first-order valence-corrected chi connectivity index (χ1v) is 17.5. The number of nitrogens with one attached hydrogen (secondary N) is 2. The summed E-state index contributed by atoms with van der Waals surface area (Å²) in [4.78, 5) is 51.3. The molecule has 5 aromatic rings. The quantitative estimate of drug-likeness (QED) is 0.173. The number of aliphatic hydroxyl groups excluding tert-OH is 1. The van der Waals surface area contributed by atoms with Gasteiger partial charge in [-0.3, -0.25) is 24.3 Å². The largest absolute Gasteiger partial charge is 0.491 e. The van der Waals surface area contributed by atoms with Crippen LogP contribution in [0.1, 0.15) is 46.1 Å². The second-order valence-electron chi connectivity index (χ2n) is 13.2. The second-order valence-corrected chi connectivity index (χ2v) is 13.2. The molecule has 0 saturated carbocycles. The van der Waals surface area contributed by atoms with Crippen molar-refractivity contribution in [2.75, 3.05) is 25.1 Å². The van der Waals surface area contributed by atoms with Gasteiger partial charge in [0, 0.05) is 36.1 Å². The van der Waals surface area contributed by atoms with Crippen LogP contribution < -0.4 is 15.4 Å². The molecule has 1 aromatic heterocycles. The molecule has 0 radical (unpaired) electrons. The number of amides is 2. The lowest BCUT2D eigenvalue weighted by atomic mass is 9.65. The third kappa shape index (κ3) is 5.51. The maximum absolute atomic E-state index is 15.1. The Bertz CT molecular complexity index is 2080. The number of nitrogens with zero attached hydrogens (tertiary/aromatic N) is 2. The van der Waals surface area contributed by atoms with Crippen LogP contribution in [0.3, 0.4) is 0 Å². The van der Waals surface area contributed by atoms with Gasteiger partial charge in [0.1, 0.15) is 29.9 Å². The summed E-state index contributed by atoms with van der Waals surface area (Å²) in [5, 5.41) is 16.0. The Labute approximate surface area is 301 Å². The van der Waals surface area contributed by atoms with Gasteiger partial charge in [-0.2, -0.15) is 0 Å². The number of aromatic nitrogens is 1. The van der Waals surface area contributed by atoms with Crippen LogP contribution >= 0.6 is 0 Å². The van der Waals surface area contributed by atoms with E-state index in [4.69, 9.17) is 9.47 Å². The van der Waals surface area contributed by atoms with Gasteiger partial charge in [-0.05, 0) is 41.0 Å². The highest BCUT2D eigenvalue weighted by atomic mass is 16.6. The SMILES string of the molecule is O=C1O[C@@H](c2ccccc2)[C@@H](c2ccccc2)N2[C@@H](c3ccccc3OCCO)[C@]3(C(=O)Nc4ccccc43)[C@@H](C(=O)NCCc3ccccn3)[C@H]12. The summed E-state index contributed by atoms with van der Waals surface area (Å²) in [6, 6.07) is 36.9. The van der Waals surface area contributed by atoms with E-state index < -0.39 is 53.3 Å². The van der Waals surface area contributed by atoms with Crippen molar-refractivity contribution in [2.45, 2.75) is 36.1 Å². The van der Waals surface area contributed by atoms with Gasteiger partial charge in [-0.15, -0.1) is 0 Å². The first-order valence-electron chi connectivity index (χ1n) is 17.5. The fourth-order valence-electron chi connectivity index (χ4n) is 8.48. The number of carbonyl (C=O) groups is 3. The smallest absolute Gasteiger partial charge is 0.324 e. The molecule has 10 heteroatoms. The summed E-state index contributed by atoms with van der Waals surface area (Å²) < 4.78 is 12.6. The van der Waals surface area contributed by atoms with E-state index in [1.807, 2.05) is 126 Å². The van der Waals surface area contributed by atoms with E-state index in [-0.39, 0.29) is 19.8 Å². The average Bonchev–Trinajstić information content (AvgIpc) is 3.67. The Morgan fingerprint density at radius 3 is 2.29 bits per heavy atom. The standard InChI is InChI=1S/C42H38N4O6/c47-25-26-51-33-21-10-7-18-30(33)38-42(31-19-8-9-20-32(31)45-41(42)50)34(39(48)44-24-22-29-17-11-12-23-43-29)36-40(49)52-37(28-15-5-2-6-16-28)35(46(36)38)27-13-3-1-4-14-27/h1-21,23,34-38,47H,22,24-26H2,(H,44,48)(H,45,50)/t34-,35-,36-,37+,38+,42-/m1/s1. The van der Waals surface area contributed by atoms with Gasteiger partial charge in [-0.1, -0.05) is 103 Å². The lowest BCUT2D eigenvalue weighted by molar-refractivity contribution is -0.178. The van der Waals surface area contributed by atoms with E-state index in [0.717, 1.165) is 16.8 Å². The molecule has 0 aliphatic carbocycles. The van der Waals surface area contributed by atoms with Gasteiger partial charge in [-0.25, -0.2) is 0 Å². The van der Waals surface area contributed by atoms with Crippen LogP contribution in [0, 0.1) is 5.92 Å². The van der Waals surface area contributed by atoms with E-state index >= 15 is 4.79 Å². The number of cyclic esters (lactones) is 1. The van der Waals surface area contributed by atoms with Gasteiger partial charge >= 0.3 is 5.97 Å². The lowest BCUT2D eigenvalue weighted by Crippen LogP contribution is -2.55. The molecule has 4 aromatic carbocycles. The molecule has 0 bridgehead atoms. The van der Waals surface area contributed by atoms with Crippen molar-refractivity contribution in [3.63, 3.8) is 0 Å². The number of rotatable bonds is 10. The van der Waals surface area contributed by atoms with Crippen molar-refractivity contribution < 1.29 is 29.0 Å². The number of hydrogen-bond donors (Lipinski definition) is 3. The number of morpholine rings is 1. The third-order valence-electron chi connectivity index (χ3n) is 10.5. The number of esters is 1. The van der Waals surface area contributed by atoms with Crippen LogP contribution in [0.25, 0.3) is 0 Å². The van der Waals surface area contributed by atoms with Gasteiger partial charge in [0.25, 0.3) is 0 Å². The highest BCUT2D eigenvalue weighted by molar-refractivity contribution is 6.12. The average molecular weight is 695 g/mol. The molecule has 3 N–H and O–H groups in total. The first-order chi connectivity index (χ1) is 25.5. The van der Waals surface area contributed by atoms with E-state index in [2.05, 4.69) is 15.6 Å². The zero-order chi connectivity index (χ0) is 35.7. The fraction of sp³-hybridized carbons (Fsp3) is 0.238. The molecule has 10 nitrogen and oxygen atoms in total. The summed E-state index contributed by atoms with van der Waals surface area (Å²) >= 11 is 0. The van der Waals surface area contributed by atoms with Crippen molar-refractivity contribution in [3.8, 4) is 5.75 Å². The number of carbonyl (C=O) groups excluding carboxylic acids is 3. The van der Waals surface area contributed by atoms with Crippen molar-refractivity contribution >= 4 is 23.5 Å². The Morgan fingerprint density at radius 1 is 0.846 bits per heavy atom. The summed E-state index contributed by atoms with van der Waals surface area (Å²) in [6.07, 6.45) is 1.38. The number of anilines is 1. The highest BCUT2D eigenvalue weighted by Crippen LogP contribution is 2.65. The summed E-state index contributed by atoms with van der Waals surface area (Å²) in [5.74, 6) is -2.22. The van der Waals surface area contributed by atoms with Gasteiger partial charge < -0.3 is 25.2 Å². The van der Waals surface area contributed by atoms with Crippen LogP contribution in [0.4, 0.5) is 5.69 Å². The maximum Gasteiger partial charge on any atom is 0.324 e. The monoisotopic (exact) mass is 694 g/mol. The van der Waals surface area contributed by atoms with Crippen LogP contribution in [-0.4, -0.2) is 58.6 Å². The van der Waals surface area contributed by atoms with Gasteiger partial charge in [0.05, 0.1) is 24.6 Å². The number of benzene rings is 4. The number of hydrogen-bond acceptors (Lipinski definition) is 8. The molecule has 2 fully saturated rings. The zero-order valence-corrected chi connectivity index (χ0v) is 28.3. The number of fused-ring (bicyclic) bond motifs is 3. The highest BCUT2D eigenvalue weighted by Gasteiger charge is 2.74. The van der Waals surface area contributed by atoms with Crippen molar-refractivity contribution in [1.29, 1.82) is 0 Å². The number of ether oxygens (including phenoxy) is 2. The van der Waals surface area contributed by atoms with Crippen molar-refractivity contribution in [1.82, 2.24) is 15.2 Å². The molecule has 4 heterocycles. The number of para-hydroxylation sites is 2. The Balaban J connectivity index is 1.38. The Kier molecular flexibility index (Phi) is 9.00. The second kappa shape index (κ2) is 14.1. The van der Waals surface area contributed by atoms with Crippen LogP contribution in [0.15, 0.2) is 134 Å². The van der Waals surface area contributed by atoms with E-state index in [9.17, 15) is 14.7 Å². The topological polar surface area (TPSA) is 130 Å². The maximum atomic E-state index is 15.1. The molecule has 2 saturated heterocycles. The summed E-state index contributed by atoms with van der Waals surface area (Å²) in [6.45, 7) is 0.0242. The Hall–Kier alpha value is -5.84. The molecule has 2 amide bonds. The lowest BCUT2D eigenvalue weighted by Gasteiger charge is -2.46. The molecule has 52 heavy (non-hydrogen) atoms. The van der Waals surface area contributed by atoms with Crippen molar-refractivity contribution in [3.05, 3.63) is 162 Å². The molecule has 1 spiro atoms. The van der Waals surface area contributed by atoms with E-state index in [0.29, 0.717) is 29.0 Å². The number of aliphatic hydroxyl groups is 1. The summed E-state index contributed by atoms with van der Waals surface area (Å²) in [5.41, 5.74) is 2.62.